The zero-order valence-corrected chi connectivity index (χ0v) is 27.7. The Kier molecular flexibility index (Phi) is 9.29. The minimum Gasteiger partial charge on any atom is -0.497 e. The fourth-order valence-corrected chi connectivity index (χ4v) is 7.55. The van der Waals surface area contributed by atoms with Crippen molar-refractivity contribution in [3.63, 3.8) is 0 Å². The number of hydrogen-bond acceptors (Lipinski definition) is 6. The fourth-order valence-electron chi connectivity index (χ4n) is 7.02. The summed E-state index contributed by atoms with van der Waals surface area (Å²) in [6, 6.07) is 12.5. The van der Waals surface area contributed by atoms with Gasteiger partial charge in [-0.2, -0.15) is 0 Å². The van der Waals surface area contributed by atoms with Gasteiger partial charge in [0, 0.05) is 40.4 Å². The van der Waals surface area contributed by atoms with Gasteiger partial charge in [0.15, 0.2) is 6.29 Å². The molecule has 3 heterocycles. The van der Waals surface area contributed by atoms with Crippen LogP contribution in [0.1, 0.15) is 108 Å². The number of imidazole rings is 1. The topological polar surface area (TPSA) is 115 Å². The van der Waals surface area contributed by atoms with E-state index in [-0.39, 0.29) is 11.2 Å². The Balaban J connectivity index is 0.00000182. The highest BCUT2D eigenvalue weighted by Crippen LogP contribution is 2.48. The van der Waals surface area contributed by atoms with Crippen LogP contribution in [0.25, 0.3) is 33.8 Å². The normalized spacial score (nSPS) is 16.9. The molecule has 10 heteroatoms. The zero-order valence-electron chi connectivity index (χ0n) is 26.9. The third kappa shape index (κ3) is 5.84. The molecule has 1 aliphatic heterocycles. The van der Waals surface area contributed by atoms with Crippen LogP contribution in [0.15, 0.2) is 42.7 Å². The van der Waals surface area contributed by atoms with Crippen LogP contribution in [0, 0.1) is 0 Å². The van der Waals surface area contributed by atoms with Crippen LogP contribution in [0.3, 0.4) is 0 Å². The third-order valence-corrected chi connectivity index (χ3v) is 10.6. The van der Waals surface area contributed by atoms with E-state index in [4.69, 9.17) is 9.84 Å². The smallest absolute Gasteiger partial charge is 0.263 e. The first kappa shape index (κ1) is 31.9. The van der Waals surface area contributed by atoms with Crippen LogP contribution in [-0.4, -0.2) is 55.1 Å². The van der Waals surface area contributed by atoms with Crippen molar-refractivity contribution < 1.29 is 23.6 Å². The predicted octanol–water partition coefficient (Wildman–Crippen LogP) is 6.67. The van der Waals surface area contributed by atoms with Crippen molar-refractivity contribution in [2.45, 2.75) is 82.5 Å². The van der Waals surface area contributed by atoms with E-state index in [1.54, 1.807) is 13.4 Å². The SMILES string of the molecule is CO.COc1ccc2c(c1)C=C(c1c(C=O)ncn1C1CC1)Cn1c-2c(C2CCCCC2)c2ccc(C(=O)NS(=O)C(C)C)cc21. The lowest BCUT2D eigenvalue weighted by Crippen LogP contribution is -2.30. The summed E-state index contributed by atoms with van der Waals surface area (Å²) in [5, 5.41) is 7.96. The number of aromatic nitrogens is 3. The van der Waals surface area contributed by atoms with Gasteiger partial charge in [-0.15, -0.1) is 0 Å². The molecular weight excluding hydrogens is 600 g/mol. The molecule has 3 aliphatic rings. The van der Waals surface area contributed by atoms with Gasteiger partial charge in [-0.3, -0.25) is 14.3 Å². The van der Waals surface area contributed by atoms with E-state index in [1.807, 2.05) is 32.0 Å². The first-order valence-electron chi connectivity index (χ1n) is 16.1. The van der Waals surface area contributed by atoms with E-state index in [1.165, 1.54) is 24.8 Å². The van der Waals surface area contributed by atoms with Crippen LogP contribution < -0.4 is 9.46 Å². The lowest BCUT2D eigenvalue weighted by Gasteiger charge is -2.24. The first-order valence-corrected chi connectivity index (χ1v) is 17.3. The van der Waals surface area contributed by atoms with Crippen LogP contribution >= 0.6 is 0 Å². The molecule has 242 valence electrons. The van der Waals surface area contributed by atoms with Crippen LogP contribution in [0.2, 0.25) is 0 Å². The van der Waals surface area contributed by atoms with Gasteiger partial charge in [0.05, 0.1) is 31.4 Å². The number of allylic oxidation sites excluding steroid dienone is 1. The van der Waals surface area contributed by atoms with Gasteiger partial charge in [0.1, 0.15) is 22.4 Å². The number of hydrogen-bond donors (Lipinski definition) is 2. The van der Waals surface area contributed by atoms with Gasteiger partial charge in [0.2, 0.25) is 0 Å². The first-order chi connectivity index (χ1) is 22.4. The van der Waals surface area contributed by atoms with E-state index in [9.17, 15) is 13.8 Å². The number of aldehydes is 1. The molecule has 1 unspecified atom stereocenters. The van der Waals surface area contributed by atoms with E-state index in [2.05, 4.69) is 43.1 Å². The fraction of sp³-hybridized carbons (Fsp3) is 0.417. The molecule has 1 amide bonds. The number of aliphatic hydroxyl groups is 1. The number of amides is 1. The molecule has 46 heavy (non-hydrogen) atoms. The average Bonchev–Trinajstić information content (AvgIpc) is 3.80. The lowest BCUT2D eigenvalue weighted by atomic mass is 9.81. The maximum atomic E-state index is 13.3. The maximum absolute atomic E-state index is 13.3. The number of carbonyl (C=O) groups is 2. The Morgan fingerprint density at radius 1 is 1.07 bits per heavy atom. The van der Waals surface area contributed by atoms with Crippen LogP contribution in [-0.2, 0) is 17.5 Å². The number of benzene rings is 2. The molecular formula is C36H42N4O5S. The van der Waals surface area contributed by atoms with Crippen LogP contribution in [0.4, 0.5) is 0 Å². The molecule has 7 rings (SSSR count). The molecule has 0 bridgehead atoms. The third-order valence-electron chi connectivity index (χ3n) is 9.35. The van der Waals surface area contributed by atoms with Crippen molar-refractivity contribution in [3.05, 3.63) is 70.8 Å². The van der Waals surface area contributed by atoms with E-state index < -0.39 is 11.0 Å². The molecule has 2 saturated carbocycles. The van der Waals surface area contributed by atoms with Crippen molar-refractivity contribution >= 4 is 45.7 Å². The minimum atomic E-state index is -1.47. The lowest BCUT2D eigenvalue weighted by molar-refractivity contribution is 0.0982. The molecule has 2 aliphatic carbocycles. The summed E-state index contributed by atoms with van der Waals surface area (Å²) >= 11 is 0. The quantitative estimate of drug-likeness (QED) is 0.208. The van der Waals surface area contributed by atoms with E-state index in [0.29, 0.717) is 29.8 Å². The molecule has 4 aromatic rings. The van der Waals surface area contributed by atoms with Gasteiger partial charge in [-0.25, -0.2) is 9.19 Å². The molecule has 1 atom stereocenters. The summed E-state index contributed by atoms with van der Waals surface area (Å²) in [7, 11) is 1.21. The molecule has 2 N–H and O–H groups in total. The molecule has 0 radical (unpaired) electrons. The number of fused-ring (bicyclic) bond motifs is 5. The number of rotatable bonds is 8. The number of methoxy groups -OCH3 is 1. The Hall–Kier alpha value is -4.02. The van der Waals surface area contributed by atoms with Crippen molar-refractivity contribution in [1.82, 2.24) is 18.8 Å². The predicted molar refractivity (Wildman–Crippen MR) is 182 cm³/mol. The molecule has 2 fully saturated rings. The van der Waals surface area contributed by atoms with Crippen LogP contribution in [0.5, 0.6) is 5.75 Å². The molecule has 2 aromatic carbocycles. The van der Waals surface area contributed by atoms with Gasteiger partial charge >= 0.3 is 0 Å². The highest BCUT2D eigenvalue weighted by Gasteiger charge is 2.33. The number of ether oxygens (including phenoxy) is 1. The Bertz CT molecular complexity index is 1840. The summed E-state index contributed by atoms with van der Waals surface area (Å²) in [5.41, 5.74) is 8.34. The Morgan fingerprint density at radius 2 is 1.83 bits per heavy atom. The average molecular weight is 643 g/mol. The maximum Gasteiger partial charge on any atom is 0.263 e. The summed E-state index contributed by atoms with van der Waals surface area (Å²) in [6.07, 6.45) is 12.9. The monoisotopic (exact) mass is 642 g/mol. The molecule has 0 spiro atoms. The van der Waals surface area contributed by atoms with Gasteiger partial charge in [0.25, 0.3) is 5.91 Å². The van der Waals surface area contributed by atoms with E-state index >= 15 is 0 Å². The number of aliphatic hydroxyl groups excluding tert-OH is 1. The van der Waals surface area contributed by atoms with Crippen molar-refractivity contribution in [3.8, 4) is 17.0 Å². The molecule has 9 nitrogen and oxygen atoms in total. The summed E-state index contributed by atoms with van der Waals surface area (Å²) in [6.45, 7) is 4.16. The van der Waals surface area contributed by atoms with Crippen molar-refractivity contribution in [1.29, 1.82) is 0 Å². The standard InChI is InChI=1S/C35H38N4O4S.CH4O/c1-21(2)44(42)37-35(41)23-9-13-29-31(17-23)38-18-25(33-30(19-40)36-20-39(33)26-10-11-26)15-24-16-27(43-3)12-14-28(24)34(38)32(29)22-7-5-4-6-8-22;1-2/h9,12-17,19-22,26H,4-8,10-11,18H2,1-3H3,(H,37,41);2H,1H3. The van der Waals surface area contributed by atoms with Crippen molar-refractivity contribution in [2.75, 3.05) is 14.2 Å². The largest absolute Gasteiger partial charge is 0.497 e. The number of nitrogens with one attached hydrogen (secondary N) is 1. The van der Waals surface area contributed by atoms with Gasteiger partial charge in [-0.05, 0) is 98.6 Å². The molecule has 2 aromatic heterocycles. The minimum absolute atomic E-state index is 0.185. The number of carbonyl (C=O) groups excluding carboxylic acids is 2. The second-order valence-corrected chi connectivity index (χ2v) is 14.3. The van der Waals surface area contributed by atoms with Crippen molar-refractivity contribution in [2.24, 2.45) is 0 Å². The van der Waals surface area contributed by atoms with E-state index in [0.717, 1.165) is 83.8 Å². The second-order valence-electron chi connectivity index (χ2n) is 12.6. The highest BCUT2D eigenvalue weighted by atomic mass is 32.2. The summed E-state index contributed by atoms with van der Waals surface area (Å²) in [5.74, 6) is 0.819. The Labute approximate surface area is 272 Å². The van der Waals surface area contributed by atoms with Gasteiger partial charge in [-0.1, -0.05) is 25.3 Å². The van der Waals surface area contributed by atoms with Gasteiger partial charge < -0.3 is 19.0 Å². The Morgan fingerprint density at radius 3 is 2.50 bits per heavy atom. The second kappa shape index (κ2) is 13.4. The highest BCUT2D eigenvalue weighted by molar-refractivity contribution is 7.84. The number of nitrogens with zero attached hydrogens (tertiary/aromatic N) is 3. The summed E-state index contributed by atoms with van der Waals surface area (Å²) in [4.78, 5) is 30.1. The zero-order chi connectivity index (χ0) is 32.5. The molecule has 0 saturated heterocycles. The summed E-state index contributed by atoms with van der Waals surface area (Å²) < 4.78 is 25.3.